The van der Waals surface area contributed by atoms with Crippen molar-refractivity contribution in [2.24, 2.45) is 11.1 Å². The minimum absolute atomic E-state index is 0.152. The van der Waals surface area contributed by atoms with Crippen LogP contribution in [0.5, 0.6) is 0 Å². The Labute approximate surface area is 95.7 Å². The van der Waals surface area contributed by atoms with E-state index in [9.17, 15) is 9.18 Å². The molecule has 0 radical (unpaired) electrons. The van der Waals surface area contributed by atoms with Gasteiger partial charge in [0.2, 0.25) is 0 Å². The normalized spacial score (nSPS) is 11.5. The zero-order valence-corrected chi connectivity index (χ0v) is 9.79. The zero-order valence-electron chi connectivity index (χ0n) is 9.79. The highest BCUT2D eigenvalue weighted by Gasteiger charge is 2.26. The zero-order chi connectivity index (χ0) is 12.2. The van der Waals surface area contributed by atoms with Gasteiger partial charge in [-0.05, 0) is 30.7 Å². The van der Waals surface area contributed by atoms with Crippen LogP contribution in [0, 0.1) is 11.2 Å². The van der Waals surface area contributed by atoms with Gasteiger partial charge in [-0.25, -0.2) is 4.39 Å². The number of nitrogens with two attached hydrogens (primary N) is 1. The van der Waals surface area contributed by atoms with Gasteiger partial charge in [-0.3, -0.25) is 4.79 Å². The molecule has 0 amide bonds. The van der Waals surface area contributed by atoms with Crippen molar-refractivity contribution in [2.45, 2.75) is 26.7 Å². The molecule has 16 heavy (non-hydrogen) atoms. The fourth-order valence-corrected chi connectivity index (χ4v) is 1.68. The summed E-state index contributed by atoms with van der Waals surface area (Å²) in [6.07, 6.45) is 1.01. The Kier molecular flexibility index (Phi) is 4.19. The average Bonchev–Trinajstić information content (AvgIpc) is 2.21. The highest BCUT2D eigenvalue weighted by atomic mass is 19.1. The van der Waals surface area contributed by atoms with E-state index >= 15 is 0 Å². The van der Waals surface area contributed by atoms with Gasteiger partial charge < -0.3 is 5.73 Å². The Hall–Kier alpha value is -1.22. The monoisotopic (exact) mass is 223 g/mol. The lowest BCUT2D eigenvalue weighted by molar-refractivity contribution is -0.126. The lowest BCUT2D eigenvalue weighted by Crippen LogP contribution is -2.28. The molecule has 3 heteroatoms. The molecule has 0 spiro atoms. The SMILES string of the molecule is CC(C)(Cc1ccc(F)cc1)C(=O)CCN. The van der Waals surface area contributed by atoms with E-state index in [1.54, 1.807) is 12.1 Å². The summed E-state index contributed by atoms with van der Waals surface area (Å²) in [5.41, 5.74) is 5.90. The molecule has 1 rings (SSSR count). The van der Waals surface area contributed by atoms with E-state index in [-0.39, 0.29) is 11.6 Å². The van der Waals surface area contributed by atoms with Gasteiger partial charge in [0.15, 0.2) is 0 Å². The maximum atomic E-state index is 12.7. The summed E-state index contributed by atoms with van der Waals surface area (Å²) in [6.45, 7) is 4.17. The predicted octanol–water partition coefficient (Wildman–Crippen LogP) is 2.31. The van der Waals surface area contributed by atoms with Crippen LogP contribution in [0.25, 0.3) is 0 Å². The molecule has 1 aromatic carbocycles. The van der Waals surface area contributed by atoms with E-state index in [2.05, 4.69) is 0 Å². The quantitative estimate of drug-likeness (QED) is 0.832. The average molecular weight is 223 g/mol. The molecule has 0 aromatic heterocycles. The van der Waals surface area contributed by atoms with Crippen LogP contribution in [0.2, 0.25) is 0 Å². The van der Waals surface area contributed by atoms with E-state index in [0.29, 0.717) is 19.4 Å². The first-order chi connectivity index (χ1) is 7.45. The third-order valence-corrected chi connectivity index (χ3v) is 2.69. The highest BCUT2D eigenvalue weighted by molar-refractivity contribution is 5.84. The van der Waals surface area contributed by atoms with E-state index in [1.165, 1.54) is 12.1 Å². The molecule has 1 aromatic rings. The number of halogens is 1. The second-order valence-corrected chi connectivity index (χ2v) is 4.65. The Morgan fingerprint density at radius 1 is 1.31 bits per heavy atom. The van der Waals surface area contributed by atoms with Crippen molar-refractivity contribution in [3.8, 4) is 0 Å². The van der Waals surface area contributed by atoms with Crippen LogP contribution in [0.15, 0.2) is 24.3 Å². The number of benzene rings is 1. The maximum absolute atomic E-state index is 12.7. The molecule has 2 N–H and O–H groups in total. The number of hydrogen-bond acceptors (Lipinski definition) is 2. The third kappa shape index (κ3) is 3.42. The van der Waals surface area contributed by atoms with E-state index in [4.69, 9.17) is 5.73 Å². The highest BCUT2D eigenvalue weighted by Crippen LogP contribution is 2.24. The van der Waals surface area contributed by atoms with Crippen molar-refractivity contribution in [2.75, 3.05) is 6.54 Å². The minimum atomic E-state index is -0.433. The van der Waals surface area contributed by atoms with Crippen LogP contribution < -0.4 is 5.73 Å². The van der Waals surface area contributed by atoms with Gasteiger partial charge in [-0.2, -0.15) is 0 Å². The summed E-state index contributed by atoms with van der Waals surface area (Å²) in [6, 6.07) is 6.26. The van der Waals surface area contributed by atoms with Gasteiger partial charge >= 0.3 is 0 Å². The first-order valence-electron chi connectivity index (χ1n) is 5.43. The first kappa shape index (κ1) is 12.8. The summed E-state index contributed by atoms with van der Waals surface area (Å²) in [5, 5.41) is 0. The van der Waals surface area contributed by atoms with Crippen molar-refractivity contribution >= 4 is 5.78 Å². The number of hydrogen-bond donors (Lipinski definition) is 1. The summed E-state index contributed by atoms with van der Waals surface area (Å²) in [4.78, 5) is 11.8. The summed E-state index contributed by atoms with van der Waals surface area (Å²) in [7, 11) is 0. The Bertz CT molecular complexity index is 357. The van der Waals surface area contributed by atoms with Crippen molar-refractivity contribution in [3.63, 3.8) is 0 Å². The lowest BCUT2D eigenvalue weighted by atomic mass is 9.80. The van der Waals surface area contributed by atoms with Crippen molar-refractivity contribution in [1.29, 1.82) is 0 Å². The smallest absolute Gasteiger partial charge is 0.140 e. The number of Topliss-reactive ketones (excluding diaryl/α,β-unsaturated/α-hetero) is 1. The van der Waals surface area contributed by atoms with Gasteiger partial charge in [0, 0.05) is 11.8 Å². The van der Waals surface area contributed by atoms with Crippen LogP contribution >= 0.6 is 0 Å². The molecule has 0 bridgehead atoms. The maximum Gasteiger partial charge on any atom is 0.140 e. The Balaban J connectivity index is 2.72. The summed E-state index contributed by atoms with van der Waals surface area (Å²) >= 11 is 0. The van der Waals surface area contributed by atoms with Gasteiger partial charge in [0.05, 0.1) is 0 Å². The fraction of sp³-hybridized carbons (Fsp3) is 0.462. The molecule has 0 aliphatic heterocycles. The topological polar surface area (TPSA) is 43.1 Å². The van der Waals surface area contributed by atoms with Gasteiger partial charge in [-0.15, -0.1) is 0 Å². The van der Waals surface area contributed by atoms with E-state index < -0.39 is 5.41 Å². The second kappa shape index (κ2) is 5.21. The molecular weight excluding hydrogens is 205 g/mol. The molecule has 0 unspecified atom stereocenters. The standard InChI is InChI=1S/C13H18FNO/c1-13(2,12(16)7-8-15)9-10-3-5-11(14)6-4-10/h3-6H,7-9,15H2,1-2H3. The molecule has 2 nitrogen and oxygen atoms in total. The van der Waals surface area contributed by atoms with Crippen LogP contribution in [0.4, 0.5) is 4.39 Å². The summed E-state index contributed by atoms with van der Waals surface area (Å²) < 4.78 is 12.7. The molecular formula is C13H18FNO. The molecule has 88 valence electrons. The van der Waals surface area contributed by atoms with E-state index in [0.717, 1.165) is 5.56 Å². The largest absolute Gasteiger partial charge is 0.330 e. The van der Waals surface area contributed by atoms with Crippen LogP contribution in [-0.2, 0) is 11.2 Å². The fourth-order valence-electron chi connectivity index (χ4n) is 1.68. The second-order valence-electron chi connectivity index (χ2n) is 4.65. The van der Waals surface area contributed by atoms with Crippen LogP contribution in [0.1, 0.15) is 25.8 Å². The number of rotatable bonds is 5. The Morgan fingerprint density at radius 2 is 1.88 bits per heavy atom. The van der Waals surface area contributed by atoms with Crippen LogP contribution in [0.3, 0.4) is 0 Å². The molecule has 0 aliphatic rings. The number of carbonyl (C=O) groups excluding carboxylic acids is 1. The van der Waals surface area contributed by atoms with Gasteiger partial charge in [-0.1, -0.05) is 26.0 Å². The molecule has 0 atom stereocenters. The predicted molar refractivity (Wildman–Crippen MR) is 62.6 cm³/mol. The first-order valence-corrected chi connectivity index (χ1v) is 5.43. The van der Waals surface area contributed by atoms with Crippen molar-refractivity contribution in [3.05, 3.63) is 35.6 Å². The Morgan fingerprint density at radius 3 is 2.38 bits per heavy atom. The van der Waals surface area contributed by atoms with Crippen LogP contribution in [-0.4, -0.2) is 12.3 Å². The lowest BCUT2D eigenvalue weighted by Gasteiger charge is -2.22. The van der Waals surface area contributed by atoms with Gasteiger partial charge in [0.1, 0.15) is 11.6 Å². The number of ketones is 1. The van der Waals surface area contributed by atoms with Gasteiger partial charge in [0.25, 0.3) is 0 Å². The molecule has 0 heterocycles. The van der Waals surface area contributed by atoms with E-state index in [1.807, 2.05) is 13.8 Å². The molecule has 0 saturated heterocycles. The molecule has 0 saturated carbocycles. The third-order valence-electron chi connectivity index (χ3n) is 2.69. The summed E-state index contributed by atoms with van der Waals surface area (Å²) in [5.74, 6) is -0.103. The van der Waals surface area contributed by atoms with Crippen molar-refractivity contribution < 1.29 is 9.18 Å². The minimum Gasteiger partial charge on any atom is -0.330 e. The number of carbonyl (C=O) groups is 1. The van der Waals surface area contributed by atoms with Crippen molar-refractivity contribution in [1.82, 2.24) is 0 Å². The molecule has 0 aliphatic carbocycles. The molecule has 0 fully saturated rings.